The molecule has 0 aliphatic rings. The number of rotatable bonds is 7. The molecule has 0 aliphatic heterocycles. The highest BCUT2D eigenvalue weighted by Gasteiger charge is 2.19. The van der Waals surface area contributed by atoms with Crippen molar-refractivity contribution in [3.8, 4) is 0 Å². The molecule has 0 fully saturated rings. The maximum Gasteiger partial charge on any atom is 0.283 e. The second-order valence-electron chi connectivity index (χ2n) is 4.09. The summed E-state index contributed by atoms with van der Waals surface area (Å²) in [6, 6.07) is 8.00. The number of aromatic nitrogens is 2. The first-order valence-corrected chi connectivity index (χ1v) is 7.32. The van der Waals surface area contributed by atoms with Gasteiger partial charge in [0.15, 0.2) is 5.82 Å². The lowest BCUT2D eigenvalue weighted by molar-refractivity contribution is -0.155. The monoisotopic (exact) mass is 340 g/mol. The van der Waals surface area contributed by atoms with E-state index in [9.17, 15) is 0 Å². The molecule has 108 valence electrons. The molecule has 1 aromatic heterocycles. The molecule has 0 bridgehead atoms. The SMILES string of the molecule is CCOC(OCC)c1nc(Cc2ccc(Br)cc2)no1. The van der Waals surface area contributed by atoms with E-state index in [-0.39, 0.29) is 0 Å². The predicted octanol–water partition coefficient (Wildman–Crippen LogP) is 3.49. The molecule has 0 aliphatic carbocycles. The lowest BCUT2D eigenvalue weighted by Gasteiger charge is -2.11. The van der Waals surface area contributed by atoms with Crippen LogP contribution >= 0.6 is 15.9 Å². The Morgan fingerprint density at radius 2 is 1.80 bits per heavy atom. The van der Waals surface area contributed by atoms with Crippen LogP contribution in [0.3, 0.4) is 0 Å². The molecule has 6 heteroatoms. The zero-order valence-corrected chi connectivity index (χ0v) is 13.1. The van der Waals surface area contributed by atoms with Crippen molar-refractivity contribution in [2.24, 2.45) is 0 Å². The summed E-state index contributed by atoms with van der Waals surface area (Å²) in [4.78, 5) is 4.33. The van der Waals surface area contributed by atoms with Gasteiger partial charge in [-0.25, -0.2) is 0 Å². The maximum absolute atomic E-state index is 5.42. The molecule has 5 nitrogen and oxygen atoms in total. The van der Waals surface area contributed by atoms with Crippen molar-refractivity contribution >= 4 is 15.9 Å². The van der Waals surface area contributed by atoms with Crippen molar-refractivity contribution in [1.29, 1.82) is 0 Å². The number of halogens is 1. The van der Waals surface area contributed by atoms with Crippen molar-refractivity contribution in [2.75, 3.05) is 13.2 Å². The van der Waals surface area contributed by atoms with Gasteiger partial charge in [0.05, 0.1) is 0 Å². The zero-order valence-electron chi connectivity index (χ0n) is 11.5. The first-order chi connectivity index (χ1) is 9.72. The van der Waals surface area contributed by atoms with Gasteiger partial charge in [-0.1, -0.05) is 33.2 Å². The number of benzene rings is 1. The van der Waals surface area contributed by atoms with Crippen molar-refractivity contribution in [1.82, 2.24) is 10.1 Å². The summed E-state index contributed by atoms with van der Waals surface area (Å²) in [5, 5.41) is 3.96. The van der Waals surface area contributed by atoms with Gasteiger partial charge >= 0.3 is 0 Å². The van der Waals surface area contributed by atoms with Gasteiger partial charge in [-0.3, -0.25) is 0 Å². The summed E-state index contributed by atoms with van der Waals surface area (Å²) < 4.78 is 17.1. The van der Waals surface area contributed by atoms with Crippen LogP contribution in [-0.4, -0.2) is 23.4 Å². The van der Waals surface area contributed by atoms with E-state index in [4.69, 9.17) is 14.0 Å². The number of hydrogen-bond acceptors (Lipinski definition) is 5. The Hall–Kier alpha value is -1.24. The smallest absolute Gasteiger partial charge is 0.283 e. The first-order valence-electron chi connectivity index (χ1n) is 6.53. The van der Waals surface area contributed by atoms with E-state index in [0.29, 0.717) is 31.3 Å². The van der Waals surface area contributed by atoms with Gasteiger partial charge in [-0.05, 0) is 31.5 Å². The van der Waals surface area contributed by atoms with Crippen LogP contribution < -0.4 is 0 Å². The van der Waals surface area contributed by atoms with E-state index in [0.717, 1.165) is 10.0 Å². The topological polar surface area (TPSA) is 57.4 Å². The van der Waals surface area contributed by atoms with Crippen LogP contribution in [0.4, 0.5) is 0 Å². The molecule has 0 spiro atoms. The summed E-state index contributed by atoms with van der Waals surface area (Å²) in [6.07, 6.45) is 0.0260. The van der Waals surface area contributed by atoms with E-state index in [1.807, 2.05) is 38.1 Å². The first kappa shape index (κ1) is 15.2. The van der Waals surface area contributed by atoms with Gasteiger partial charge in [0.2, 0.25) is 6.29 Å². The van der Waals surface area contributed by atoms with Crippen molar-refractivity contribution in [2.45, 2.75) is 26.6 Å². The summed E-state index contributed by atoms with van der Waals surface area (Å²) >= 11 is 3.41. The van der Waals surface area contributed by atoms with Crippen LogP contribution in [0.25, 0.3) is 0 Å². The Labute approximate surface area is 126 Å². The summed E-state index contributed by atoms with van der Waals surface area (Å²) in [5.41, 5.74) is 1.12. The highest BCUT2D eigenvalue weighted by molar-refractivity contribution is 9.10. The second kappa shape index (κ2) is 7.52. The van der Waals surface area contributed by atoms with Crippen LogP contribution in [0, 0.1) is 0 Å². The predicted molar refractivity (Wildman–Crippen MR) is 77.2 cm³/mol. The molecule has 20 heavy (non-hydrogen) atoms. The number of nitrogens with zero attached hydrogens (tertiary/aromatic N) is 2. The molecule has 0 atom stereocenters. The summed E-state index contributed by atoms with van der Waals surface area (Å²) in [7, 11) is 0. The molecular formula is C14H17BrN2O3. The lowest BCUT2D eigenvalue weighted by Crippen LogP contribution is -2.09. The van der Waals surface area contributed by atoms with Crippen LogP contribution in [-0.2, 0) is 15.9 Å². The standard InChI is InChI=1S/C14H17BrN2O3/c1-3-18-14(19-4-2)13-16-12(17-20-13)9-10-5-7-11(15)8-6-10/h5-8,14H,3-4,9H2,1-2H3. The molecule has 1 heterocycles. The fourth-order valence-electron chi connectivity index (χ4n) is 1.71. The molecule has 2 rings (SSSR count). The van der Waals surface area contributed by atoms with Gasteiger partial charge < -0.3 is 14.0 Å². The van der Waals surface area contributed by atoms with E-state index in [1.54, 1.807) is 0 Å². The molecule has 0 saturated heterocycles. The molecule has 1 aromatic carbocycles. The Kier molecular flexibility index (Phi) is 5.70. The molecule has 2 aromatic rings. The lowest BCUT2D eigenvalue weighted by atomic mass is 10.1. The number of ether oxygens (including phenoxy) is 2. The van der Waals surface area contributed by atoms with Crippen molar-refractivity contribution in [3.05, 3.63) is 46.0 Å². The normalized spacial score (nSPS) is 11.2. The highest BCUT2D eigenvalue weighted by atomic mass is 79.9. The molecule has 0 N–H and O–H groups in total. The second-order valence-corrected chi connectivity index (χ2v) is 5.01. The highest BCUT2D eigenvalue weighted by Crippen LogP contribution is 2.18. The summed E-state index contributed by atoms with van der Waals surface area (Å²) in [6.45, 7) is 4.83. The zero-order chi connectivity index (χ0) is 14.4. The molecule has 0 unspecified atom stereocenters. The van der Waals surface area contributed by atoms with Crippen LogP contribution in [0.2, 0.25) is 0 Å². The van der Waals surface area contributed by atoms with Gasteiger partial charge in [-0.15, -0.1) is 0 Å². The quantitative estimate of drug-likeness (QED) is 0.722. The van der Waals surface area contributed by atoms with Gasteiger partial charge in [-0.2, -0.15) is 4.98 Å². The Morgan fingerprint density at radius 1 is 1.15 bits per heavy atom. The third-order valence-electron chi connectivity index (χ3n) is 2.60. The number of hydrogen-bond donors (Lipinski definition) is 0. The summed E-state index contributed by atoms with van der Waals surface area (Å²) in [5.74, 6) is 0.979. The van der Waals surface area contributed by atoms with Gasteiger partial charge in [0, 0.05) is 24.1 Å². The fraction of sp³-hybridized carbons (Fsp3) is 0.429. The maximum atomic E-state index is 5.42. The molecule has 0 radical (unpaired) electrons. The molecule has 0 saturated carbocycles. The van der Waals surface area contributed by atoms with Crippen LogP contribution in [0.1, 0.15) is 37.4 Å². The minimum absolute atomic E-state index is 0.362. The van der Waals surface area contributed by atoms with Crippen molar-refractivity contribution in [3.63, 3.8) is 0 Å². The average molecular weight is 341 g/mol. The van der Waals surface area contributed by atoms with E-state index >= 15 is 0 Å². The molecule has 0 amide bonds. The van der Waals surface area contributed by atoms with Crippen molar-refractivity contribution < 1.29 is 14.0 Å². The molecular weight excluding hydrogens is 324 g/mol. The Balaban J connectivity index is 2.05. The third kappa shape index (κ3) is 4.13. The van der Waals surface area contributed by atoms with E-state index < -0.39 is 6.29 Å². The third-order valence-corrected chi connectivity index (χ3v) is 3.13. The minimum Gasteiger partial charge on any atom is -0.345 e. The van der Waals surface area contributed by atoms with E-state index in [2.05, 4.69) is 26.1 Å². The van der Waals surface area contributed by atoms with Crippen LogP contribution in [0.5, 0.6) is 0 Å². The Bertz CT molecular complexity index is 521. The van der Waals surface area contributed by atoms with Gasteiger partial charge in [0.1, 0.15) is 0 Å². The Morgan fingerprint density at radius 3 is 2.40 bits per heavy atom. The largest absolute Gasteiger partial charge is 0.345 e. The van der Waals surface area contributed by atoms with E-state index in [1.165, 1.54) is 0 Å². The fourth-order valence-corrected chi connectivity index (χ4v) is 1.98. The van der Waals surface area contributed by atoms with Gasteiger partial charge in [0.25, 0.3) is 5.89 Å². The minimum atomic E-state index is -0.587. The average Bonchev–Trinajstić information content (AvgIpc) is 2.90. The van der Waals surface area contributed by atoms with Crippen LogP contribution in [0.15, 0.2) is 33.3 Å².